The zero-order valence-electron chi connectivity index (χ0n) is 17.1. The largest absolute Gasteiger partial charge is 0.361 e. The number of ketones is 1. The first-order chi connectivity index (χ1) is 14.2. The zero-order valence-corrected chi connectivity index (χ0v) is 17.1. The second-order valence-corrected chi connectivity index (χ2v) is 7.67. The van der Waals surface area contributed by atoms with Crippen molar-refractivity contribution >= 4 is 27.7 Å². The molecule has 0 amide bonds. The molecule has 0 spiro atoms. The summed E-state index contributed by atoms with van der Waals surface area (Å²) in [6, 6.07) is 8.36. The number of Topliss-reactive ketones (excluding diaryl/α,β-unsaturated/α-hetero) is 1. The van der Waals surface area contributed by atoms with Crippen LogP contribution in [-0.4, -0.2) is 30.5 Å². The van der Waals surface area contributed by atoms with E-state index in [-0.39, 0.29) is 12.3 Å². The fourth-order valence-electron chi connectivity index (χ4n) is 3.74. The maximum atomic E-state index is 11.7. The van der Waals surface area contributed by atoms with Crippen LogP contribution in [0.3, 0.4) is 0 Å². The number of aromatic nitrogens is 5. The van der Waals surface area contributed by atoms with Gasteiger partial charge in [-0.25, -0.2) is 14.6 Å². The molecule has 29 heavy (non-hydrogen) atoms. The molecule has 0 fully saturated rings. The van der Waals surface area contributed by atoms with Crippen LogP contribution in [0, 0.1) is 0 Å². The summed E-state index contributed by atoms with van der Waals surface area (Å²) in [4.78, 5) is 24.6. The summed E-state index contributed by atoms with van der Waals surface area (Å²) >= 11 is 0. The Morgan fingerprint density at radius 2 is 1.97 bits per heavy atom. The number of fused-ring (bicyclic) bond motifs is 2. The van der Waals surface area contributed by atoms with Gasteiger partial charge in [0.2, 0.25) is 0 Å². The fourth-order valence-corrected chi connectivity index (χ4v) is 3.74. The van der Waals surface area contributed by atoms with Crippen molar-refractivity contribution < 1.29 is 4.79 Å². The Labute approximate surface area is 170 Å². The lowest BCUT2D eigenvalue weighted by molar-refractivity contribution is -0.117. The number of unbranched alkanes of at least 4 members (excludes halogenated alkanes) is 4. The van der Waals surface area contributed by atoms with Gasteiger partial charge in [0.15, 0.2) is 11.4 Å². The third kappa shape index (κ3) is 4.21. The normalized spacial score (nSPS) is 11.5. The van der Waals surface area contributed by atoms with Crippen molar-refractivity contribution in [1.29, 1.82) is 0 Å². The molecule has 0 bridgehead atoms. The van der Waals surface area contributed by atoms with Crippen LogP contribution in [0.1, 0.15) is 51.8 Å². The molecule has 4 aromatic rings. The number of rotatable bonds is 9. The van der Waals surface area contributed by atoms with Gasteiger partial charge < -0.3 is 4.98 Å². The average molecular weight is 390 g/mol. The van der Waals surface area contributed by atoms with E-state index in [9.17, 15) is 4.79 Å². The molecule has 0 saturated carbocycles. The number of carbonyl (C=O) groups is 1. The molecule has 150 valence electrons. The summed E-state index contributed by atoms with van der Waals surface area (Å²) in [5, 5.41) is 6.47. The molecular formula is C23H27N5O. The van der Waals surface area contributed by atoms with Crippen LogP contribution < -0.4 is 0 Å². The summed E-state index contributed by atoms with van der Waals surface area (Å²) < 4.78 is 1.69. The van der Waals surface area contributed by atoms with Gasteiger partial charge in [0, 0.05) is 23.7 Å². The van der Waals surface area contributed by atoms with Gasteiger partial charge in [-0.2, -0.15) is 5.10 Å². The van der Waals surface area contributed by atoms with E-state index < -0.39 is 0 Å². The minimum atomic E-state index is 0.0593. The third-order valence-electron chi connectivity index (χ3n) is 5.25. The number of carbonyl (C=O) groups excluding carboxylic acids is 1. The van der Waals surface area contributed by atoms with Gasteiger partial charge in [-0.1, -0.05) is 44.7 Å². The fraction of sp³-hybridized carbons (Fsp3) is 0.391. The predicted molar refractivity (Wildman–Crippen MR) is 116 cm³/mol. The standard InChI is InChI=1S/C23H27N5O/c1-3-4-5-6-7-8-21-26-22(18-10-9-17-11-12-24-20(17)13-18)19-14-25-28(15-16(2)29)23(19)27-21/h9-14,24H,3-8,15H2,1-2H3. The van der Waals surface area contributed by atoms with Gasteiger partial charge in [-0.15, -0.1) is 0 Å². The molecule has 0 atom stereocenters. The van der Waals surface area contributed by atoms with Crippen molar-refractivity contribution in [1.82, 2.24) is 24.7 Å². The zero-order chi connectivity index (χ0) is 20.2. The molecule has 1 aromatic carbocycles. The number of nitrogens with zero attached hydrogens (tertiary/aromatic N) is 4. The van der Waals surface area contributed by atoms with Gasteiger partial charge >= 0.3 is 0 Å². The molecule has 0 aliphatic heterocycles. The summed E-state index contributed by atoms with van der Waals surface area (Å²) in [6.45, 7) is 4.02. The molecule has 0 unspecified atom stereocenters. The average Bonchev–Trinajstić information content (AvgIpc) is 3.33. The smallest absolute Gasteiger partial charge is 0.162 e. The predicted octanol–water partition coefficient (Wildman–Crippen LogP) is 5.08. The van der Waals surface area contributed by atoms with Gasteiger partial charge in [-0.05, 0) is 30.9 Å². The molecule has 4 rings (SSSR count). The topological polar surface area (TPSA) is 76.5 Å². The SMILES string of the molecule is CCCCCCCc1nc(-c2ccc3cc[nH]c3c2)c2cnn(CC(C)=O)c2n1. The summed E-state index contributed by atoms with van der Waals surface area (Å²) in [7, 11) is 0. The highest BCUT2D eigenvalue weighted by Gasteiger charge is 2.15. The molecule has 0 aliphatic rings. The Morgan fingerprint density at radius 3 is 2.79 bits per heavy atom. The highest BCUT2D eigenvalue weighted by atomic mass is 16.1. The summed E-state index contributed by atoms with van der Waals surface area (Å²) in [6.07, 6.45) is 10.6. The first kappa shape index (κ1) is 19.3. The maximum Gasteiger partial charge on any atom is 0.162 e. The molecule has 3 heterocycles. The van der Waals surface area contributed by atoms with Crippen LogP contribution in [0.5, 0.6) is 0 Å². The number of nitrogens with one attached hydrogen (secondary N) is 1. The van der Waals surface area contributed by atoms with E-state index in [1.165, 1.54) is 31.1 Å². The Morgan fingerprint density at radius 1 is 1.10 bits per heavy atom. The minimum Gasteiger partial charge on any atom is -0.361 e. The van der Waals surface area contributed by atoms with E-state index in [4.69, 9.17) is 9.97 Å². The molecule has 6 nitrogen and oxygen atoms in total. The Kier molecular flexibility index (Phi) is 5.69. The monoisotopic (exact) mass is 389 g/mol. The van der Waals surface area contributed by atoms with Crippen molar-refractivity contribution in [2.45, 2.75) is 58.9 Å². The Hall–Kier alpha value is -3.02. The summed E-state index contributed by atoms with van der Waals surface area (Å²) in [5.74, 6) is 0.880. The number of aromatic amines is 1. The second kappa shape index (κ2) is 8.55. The Balaban J connectivity index is 1.74. The van der Waals surface area contributed by atoms with E-state index in [1.54, 1.807) is 17.8 Å². The second-order valence-electron chi connectivity index (χ2n) is 7.67. The number of hydrogen-bond acceptors (Lipinski definition) is 4. The van der Waals surface area contributed by atoms with Crippen molar-refractivity contribution in [2.24, 2.45) is 0 Å². The van der Waals surface area contributed by atoms with Gasteiger partial charge in [0.05, 0.1) is 17.3 Å². The molecule has 1 N–H and O–H groups in total. The number of hydrogen-bond donors (Lipinski definition) is 1. The van der Waals surface area contributed by atoms with Crippen molar-refractivity contribution in [3.05, 3.63) is 42.5 Å². The molecule has 3 aromatic heterocycles. The van der Waals surface area contributed by atoms with Crippen molar-refractivity contribution in [2.75, 3.05) is 0 Å². The lowest BCUT2D eigenvalue weighted by Crippen LogP contribution is -2.09. The number of H-pyrrole nitrogens is 1. The summed E-state index contributed by atoms with van der Waals surface area (Å²) in [5.41, 5.74) is 3.72. The van der Waals surface area contributed by atoms with E-state index in [2.05, 4.69) is 41.3 Å². The highest BCUT2D eigenvalue weighted by molar-refractivity contribution is 5.94. The van der Waals surface area contributed by atoms with E-state index in [0.717, 1.165) is 46.5 Å². The van der Waals surface area contributed by atoms with Crippen LogP contribution in [0.4, 0.5) is 0 Å². The minimum absolute atomic E-state index is 0.0593. The van der Waals surface area contributed by atoms with Gasteiger partial charge in [0.25, 0.3) is 0 Å². The number of aryl methyl sites for hydroxylation is 1. The molecular weight excluding hydrogens is 362 g/mol. The van der Waals surface area contributed by atoms with Gasteiger partial charge in [0.1, 0.15) is 12.4 Å². The molecule has 0 aliphatic carbocycles. The van der Waals surface area contributed by atoms with E-state index in [0.29, 0.717) is 0 Å². The van der Waals surface area contributed by atoms with Crippen LogP contribution in [0.25, 0.3) is 33.2 Å². The van der Waals surface area contributed by atoms with Crippen LogP contribution in [-0.2, 0) is 17.8 Å². The van der Waals surface area contributed by atoms with Gasteiger partial charge in [-0.3, -0.25) is 4.79 Å². The maximum absolute atomic E-state index is 11.7. The highest BCUT2D eigenvalue weighted by Crippen LogP contribution is 2.29. The molecule has 0 radical (unpaired) electrons. The van der Waals surface area contributed by atoms with Crippen LogP contribution >= 0.6 is 0 Å². The first-order valence-electron chi connectivity index (χ1n) is 10.4. The van der Waals surface area contributed by atoms with E-state index >= 15 is 0 Å². The van der Waals surface area contributed by atoms with E-state index in [1.807, 2.05) is 6.20 Å². The van der Waals surface area contributed by atoms with Crippen molar-refractivity contribution in [3.63, 3.8) is 0 Å². The first-order valence-corrected chi connectivity index (χ1v) is 10.4. The van der Waals surface area contributed by atoms with Crippen LogP contribution in [0.15, 0.2) is 36.7 Å². The lowest BCUT2D eigenvalue weighted by atomic mass is 10.1. The third-order valence-corrected chi connectivity index (χ3v) is 5.25. The molecule has 0 saturated heterocycles. The van der Waals surface area contributed by atoms with Crippen LogP contribution in [0.2, 0.25) is 0 Å². The number of benzene rings is 1. The molecule has 6 heteroatoms. The lowest BCUT2D eigenvalue weighted by Gasteiger charge is -2.08. The quantitative estimate of drug-likeness (QED) is 0.405. The van der Waals surface area contributed by atoms with Crippen molar-refractivity contribution in [3.8, 4) is 11.3 Å². The Bertz CT molecular complexity index is 1140.